The number of nitrogens with zero attached hydrogens (tertiary/aromatic N) is 4. The van der Waals surface area contributed by atoms with Crippen molar-refractivity contribution < 1.29 is 27.9 Å². The third-order valence-electron chi connectivity index (χ3n) is 5.52. The van der Waals surface area contributed by atoms with Crippen molar-refractivity contribution in [3.05, 3.63) is 71.7 Å². The number of likely N-dealkylation sites (tertiary alicyclic amines) is 1. The quantitative estimate of drug-likeness (QED) is 0.603. The van der Waals surface area contributed by atoms with Crippen LogP contribution in [0.25, 0.3) is 5.82 Å². The maximum Gasteiger partial charge on any atom is 0.435 e. The highest BCUT2D eigenvalue weighted by atomic mass is 19.4. The Bertz CT molecular complexity index is 1140. The van der Waals surface area contributed by atoms with Crippen molar-refractivity contribution in [3.8, 4) is 5.82 Å². The molecule has 0 spiro atoms. The number of carboxylic acid groups (broad SMARTS) is 1. The van der Waals surface area contributed by atoms with Crippen molar-refractivity contribution in [3.63, 3.8) is 0 Å². The van der Waals surface area contributed by atoms with Crippen LogP contribution in [0.4, 0.5) is 23.7 Å². The molecule has 1 aliphatic rings. The Labute approximate surface area is 186 Å². The first-order chi connectivity index (χ1) is 15.7. The van der Waals surface area contributed by atoms with Gasteiger partial charge in [-0.1, -0.05) is 18.2 Å². The van der Waals surface area contributed by atoms with Gasteiger partial charge in [-0.3, -0.25) is 4.79 Å². The standard InChI is InChI=1S/C22H20F3N5O3/c23-22(24,25)19-17(13-30(28-19)18-3-1-2-10-26-18)20(31)27-16-6-4-14(5-7-16)15-8-11-29(12-9-15)21(32)33/h1-7,10,13,15H,8-9,11-12H2,(H,27,31)(H,32,33). The number of carbonyl (C=O) groups excluding carboxylic acids is 1. The first-order valence-electron chi connectivity index (χ1n) is 10.2. The molecule has 2 N–H and O–H groups in total. The fourth-order valence-corrected chi connectivity index (χ4v) is 3.80. The van der Waals surface area contributed by atoms with Crippen molar-refractivity contribution in [2.24, 2.45) is 0 Å². The van der Waals surface area contributed by atoms with Crippen molar-refractivity contribution in [1.82, 2.24) is 19.7 Å². The zero-order chi connectivity index (χ0) is 23.6. The second kappa shape index (κ2) is 8.93. The molecule has 172 valence electrons. The third kappa shape index (κ3) is 4.97. The van der Waals surface area contributed by atoms with E-state index in [0.29, 0.717) is 31.6 Å². The second-order valence-corrected chi connectivity index (χ2v) is 7.64. The molecule has 2 aromatic heterocycles. The topological polar surface area (TPSA) is 100 Å². The monoisotopic (exact) mass is 459 g/mol. The van der Waals surface area contributed by atoms with Crippen LogP contribution in [-0.2, 0) is 6.18 Å². The summed E-state index contributed by atoms with van der Waals surface area (Å²) in [6, 6.07) is 11.5. The lowest BCUT2D eigenvalue weighted by Gasteiger charge is -2.30. The van der Waals surface area contributed by atoms with Crippen LogP contribution in [0.1, 0.15) is 40.4 Å². The Balaban J connectivity index is 1.49. The smallest absolute Gasteiger partial charge is 0.435 e. The average Bonchev–Trinajstić information content (AvgIpc) is 3.27. The first kappa shape index (κ1) is 22.3. The minimum absolute atomic E-state index is 0.153. The molecule has 33 heavy (non-hydrogen) atoms. The molecule has 1 saturated heterocycles. The zero-order valence-electron chi connectivity index (χ0n) is 17.3. The van der Waals surface area contributed by atoms with Gasteiger partial charge in [0.25, 0.3) is 5.91 Å². The molecule has 0 radical (unpaired) electrons. The van der Waals surface area contributed by atoms with E-state index >= 15 is 0 Å². The van der Waals surface area contributed by atoms with E-state index in [9.17, 15) is 22.8 Å². The molecule has 0 aliphatic carbocycles. The maximum atomic E-state index is 13.5. The number of benzene rings is 1. The van der Waals surface area contributed by atoms with Crippen LogP contribution in [0.5, 0.6) is 0 Å². The Kier molecular flexibility index (Phi) is 6.03. The predicted molar refractivity (Wildman–Crippen MR) is 112 cm³/mol. The van der Waals surface area contributed by atoms with Gasteiger partial charge in [-0.25, -0.2) is 14.5 Å². The van der Waals surface area contributed by atoms with Gasteiger partial charge in [0.05, 0.1) is 5.56 Å². The lowest BCUT2D eigenvalue weighted by atomic mass is 9.89. The van der Waals surface area contributed by atoms with Crippen LogP contribution in [0.2, 0.25) is 0 Å². The SMILES string of the molecule is O=C(Nc1ccc(C2CCN(C(=O)O)CC2)cc1)c1cn(-c2ccccn2)nc1C(F)(F)F. The lowest BCUT2D eigenvalue weighted by molar-refractivity contribution is -0.141. The summed E-state index contributed by atoms with van der Waals surface area (Å²) >= 11 is 0. The zero-order valence-corrected chi connectivity index (χ0v) is 17.3. The summed E-state index contributed by atoms with van der Waals surface area (Å²) in [5.41, 5.74) is -0.590. The number of amides is 2. The first-order valence-corrected chi connectivity index (χ1v) is 10.2. The van der Waals surface area contributed by atoms with Gasteiger partial charge in [-0.05, 0) is 48.6 Å². The molecular weight excluding hydrogens is 439 g/mol. The summed E-state index contributed by atoms with van der Waals surface area (Å²) in [6.45, 7) is 0.887. The lowest BCUT2D eigenvalue weighted by Crippen LogP contribution is -2.36. The van der Waals surface area contributed by atoms with Gasteiger partial charge in [0.2, 0.25) is 0 Å². The number of alkyl halides is 3. The minimum Gasteiger partial charge on any atom is -0.465 e. The molecule has 4 rings (SSSR count). The van der Waals surface area contributed by atoms with Crippen LogP contribution < -0.4 is 5.32 Å². The van der Waals surface area contributed by atoms with E-state index in [4.69, 9.17) is 5.11 Å². The number of carbonyl (C=O) groups is 2. The van der Waals surface area contributed by atoms with E-state index in [1.807, 2.05) is 0 Å². The largest absolute Gasteiger partial charge is 0.465 e. The molecule has 0 bridgehead atoms. The van der Waals surface area contributed by atoms with Crippen LogP contribution in [0, 0.1) is 0 Å². The second-order valence-electron chi connectivity index (χ2n) is 7.64. The van der Waals surface area contributed by atoms with Crippen molar-refractivity contribution in [2.45, 2.75) is 24.9 Å². The number of pyridine rings is 1. The fraction of sp³-hybridized carbons (Fsp3) is 0.273. The summed E-state index contributed by atoms with van der Waals surface area (Å²) in [5.74, 6) is -0.605. The van der Waals surface area contributed by atoms with Gasteiger partial charge >= 0.3 is 12.3 Å². The van der Waals surface area contributed by atoms with Crippen LogP contribution >= 0.6 is 0 Å². The van der Waals surface area contributed by atoms with Crippen molar-refractivity contribution >= 4 is 17.7 Å². The van der Waals surface area contributed by atoms with E-state index in [0.717, 1.165) is 16.4 Å². The molecule has 2 amide bonds. The number of hydrogen-bond donors (Lipinski definition) is 2. The summed E-state index contributed by atoms with van der Waals surface area (Å²) in [5, 5.41) is 15.1. The molecule has 0 atom stereocenters. The summed E-state index contributed by atoms with van der Waals surface area (Å²) in [6.07, 6.45) is -1.97. The highest BCUT2D eigenvalue weighted by Crippen LogP contribution is 2.32. The van der Waals surface area contributed by atoms with E-state index in [-0.39, 0.29) is 11.7 Å². The average molecular weight is 459 g/mol. The van der Waals surface area contributed by atoms with E-state index in [1.54, 1.807) is 36.4 Å². The molecule has 1 aromatic carbocycles. The van der Waals surface area contributed by atoms with Gasteiger partial charge in [-0.15, -0.1) is 0 Å². The molecule has 0 saturated carbocycles. The normalized spacial score (nSPS) is 14.8. The number of aromatic nitrogens is 3. The van der Waals surface area contributed by atoms with Gasteiger partial charge in [0.15, 0.2) is 11.5 Å². The number of halogens is 3. The molecule has 8 nitrogen and oxygen atoms in total. The Morgan fingerprint density at radius 1 is 1.06 bits per heavy atom. The number of anilines is 1. The third-order valence-corrected chi connectivity index (χ3v) is 5.52. The molecule has 0 unspecified atom stereocenters. The summed E-state index contributed by atoms with van der Waals surface area (Å²) < 4.78 is 41.4. The molecule has 3 heterocycles. The fourth-order valence-electron chi connectivity index (χ4n) is 3.80. The van der Waals surface area contributed by atoms with Gasteiger partial charge in [-0.2, -0.15) is 18.3 Å². The summed E-state index contributed by atoms with van der Waals surface area (Å²) in [4.78, 5) is 29.0. The molecule has 1 aliphatic heterocycles. The molecule has 3 aromatic rings. The van der Waals surface area contributed by atoms with Gasteiger partial charge in [0.1, 0.15) is 0 Å². The predicted octanol–water partition coefficient (Wildman–Crippen LogP) is 4.40. The number of rotatable bonds is 4. The Morgan fingerprint density at radius 2 is 1.76 bits per heavy atom. The van der Waals surface area contributed by atoms with Crippen molar-refractivity contribution in [1.29, 1.82) is 0 Å². The molecule has 1 fully saturated rings. The Hall–Kier alpha value is -3.89. The number of hydrogen-bond acceptors (Lipinski definition) is 4. The van der Waals surface area contributed by atoms with Crippen LogP contribution in [0.15, 0.2) is 54.9 Å². The molecule has 11 heteroatoms. The number of nitrogens with one attached hydrogen (secondary N) is 1. The summed E-state index contributed by atoms with van der Waals surface area (Å²) in [7, 11) is 0. The van der Waals surface area contributed by atoms with Crippen LogP contribution in [0.3, 0.4) is 0 Å². The van der Waals surface area contributed by atoms with Gasteiger partial charge < -0.3 is 15.3 Å². The van der Waals surface area contributed by atoms with E-state index < -0.39 is 29.4 Å². The van der Waals surface area contributed by atoms with Crippen LogP contribution in [-0.4, -0.2) is 49.9 Å². The van der Waals surface area contributed by atoms with E-state index in [1.165, 1.54) is 17.2 Å². The highest BCUT2D eigenvalue weighted by Gasteiger charge is 2.39. The van der Waals surface area contributed by atoms with Crippen molar-refractivity contribution in [2.75, 3.05) is 18.4 Å². The Morgan fingerprint density at radius 3 is 2.33 bits per heavy atom. The highest BCUT2D eigenvalue weighted by molar-refractivity contribution is 6.05. The van der Waals surface area contributed by atoms with E-state index in [2.05, 4.69) is 15.4 Å². The minimum atomic E-state index is -4.82. The number of piperidine rings is 1. The van der Waals surface area contributed by atoms with Gasteiger partial charge in [0, 0.05) is 31.2 Å². The maximum absolute atomic E-state index is 13.5. The molecular formula is C22H20F3N5O3.